The fourth-order valence-corrected chi connectivity index (χ4v) is 2.68. The van der Waals surface area contributed by atoms with Crippen LogP contribution in [0.3, 0.4) is 0 Å². The summed E-state index contributed by atoms with van der Waals surface area (Å²) in [4.78, 5) is 24.5. The van der Waals surface area contributed by atoms with E-state index in [1.807, 2.05) is 70.2 Å². The quantitative estimate of drug-likeness (QED) is 0.230. The summed E-state index contributed by atoms with van der Waals surface area (Å²) in [7, 11) is 0. The van der Waals surface area contributed by atoms with Gasteiger partial charge in [0.25, 0.3) is 0 Å². The van der Waals surface area contributed by atoms with E-state index in [4.69, 9.17) is 9.47 Å². The lowest BCUT2D eigenvalue weighted by atomic mass is 9.94. The molecule has 4 nitrogen and oxygen atoms in total. The molecule has 2 rings (SSSR count). The number of benzene rings is 1. The number of esters is 2. The van der Waals surface area contributed by atoms with Gasteiger partial charge in [0, 0.05) is 0 Å². The molecule has 0 unspecified atom stereocenters. The molecule has 0 aliphatic heterocycles. The maximum absolute atomic E-state index is 12.2. The number of rotatable bonds is 6. The van der Waals surface area contributed by atoms with Gasteiger partial charge in [-0.25, -0.2) is 9.59 Å². The highest BCUT2D eigenvalue weighted by atomic mass is 16.6. The van der Waals surface area contributed by atoms with Gasteiger partial charge in [-0.05, 0) is 50.0 Å². The van der Waals surface area contributed by atoms with Crippen LogP contribution in [0.5, 0.6) is 0 Å². The molecule has 1 aliphatic rings. The first-order valence-corrected chi connectivity index (χ1v) is 10.7. The van der Waals surface area contributed by atoms with Gasteiger partial charge in [0.2, 0.25) is 0 Å². The molecular weight excluding hydrogens is 376 g/mol. The first-order valence-electron chi connectivity index (χ1n) is 10.7. The zero-order valence-corrected chi connectivity index (χ0v) is 19.5. The molecule has 0 fully saturated rings. The van der Waals surface area contributed by atoms with Crippen LogP contribution in [0.25, 0.3) is 11.6 Å². The second kappa shape index (κ2) is 16.0. The van der Waals surface area contributed by atoms with Gasteiger partial charge < -0.3 is 9.47 Å². The van der Waals surface area contributed by atoms with E-state index in [0.717, 1.165) is 23.1 Å². The summed E-state index contributed by atoms with van der Waals surface area (Å²) in [6.07, 6.45) is 10.5. The van der Waals surface area contributed by atoms with E-state index < -0.39 is 11.9 Å². The largest absolute Gasteiger partial charge is 0.462 e. The van der Waals surface area contributed by atoms with Gasteiger partial charge >= 0.3 is 11.9 Å². The molecule has 30 heavy (non-hydrogen) atoms. The molecule has 0 aromatic heterocycles. The molecule has 0 saturated heterocycles. The third-order valence-electron chi connectivity index (χ3n) is 3.86. The molecule has 1 aromatic carbocycles. The highest BCUT2D eigenvalue weighted by Gasteiger charge is 2.22. The summed E-state index contributed by atoms with van der Waals surface area (Å²) in [5, 5.41) is 0. The van der Waals surface area contributed by atoms with E-state index >= 15 is 0 Å². The molecule has 0 spiro atoms. The van der Waals surface area contributed by atoms with Crippen LogP contribution >= 0.6 is 0 Å². The summed E-state index contributed by atoms with van der Waals surface area (Å²) in [6, 6.07) is 7.68. The van der Waals surface area contributed by atoms with Crippen LogP contribution in [0.1, 0.15) is 66.0 Å². The number of allylic oxidation sites excluding steroid dienone is 6. The Morgan fingerprint density at radius 1 is 0.900 bits per heavy atom. The summed E-state index contributed by atoms with van der Waals surface area (Å²) < 4.78 is 10.0. The Balaban J connectivity index is 0.00000198. The van der Waals surface area contributed by atoms with Crippen molar-refractivity contribution in [1.82, 2.24) is 0 Å². The van der Waals surface area contributed by atoms with Gasteiger partial charge in [0.15, 0.2) is 0 Å². The minimum atomic E-state index is -0.674. The van der Waals surface area contributed by atoms with Crippen molar-refractivity contribution in [3.8, 4) is 0 Å². The summed E-state index contributed by atoms with van der Waals surface area (Å²) in [5.74, 6) is -1.35. The first-order chi connectivity index (χ1) is 14.6. The zero-order chi connectivity index (χ0) is 22.9. The monoisotopic (exact) mass is 412 g/mol. The second-order valence-corrected chi connectivity index (χ2v) is 5.85. The Morgan fingerprint density at radius 2 is 1.43 bits per heavy atom. The van der Waals surface area contributed by atoms with Crippen molar-refractivity contribution < 1.29 is 19.1 Å². The van der Waals surface area contributed by atoms with Gasteiger partial charge in [-0.15, -0.1) is 0 Å². The van der Waals surface area contributed by atoms with E-state index in [1.54, 1.807) is 19.9 Å². The minimum Gasteiger partial charge on any atom is -0.462 e. The minimum absolute atomic E-state index is 0.0989. The Bertz CT molecular complexity index is 775. The lowest BCUT2D eigenvalue weighted by Gasteiger charge is -2.12. The predicted octanol–water partition coefficient (Wildman–Crippen LogP) is 6.54. The smallest absolute Gasteiger partial charge is 0.345 e. The third kappa shape index (κ3) is 8.64. The molecular formula is C26H36O4. The van der Waals surface area contributed by atoms with Gasteiger partial charge in [-0.3, -0.25) is 0 Å². The van der Waals surface area contributed by atoms with Crippen LogP contribution in [0, 0.1) is 0 Å². The Kier molecular flexibility index (Phi) is 14.4. The van der Waals surface area contributed by atoms with Crippen molar-refractivity contribution in [2.45, 2.75) is 54.9 Å². The van der Waals surface area contributed by atoms with Gasteiger partial charge in [-0.1, -0.05) is 81.8 Å². The lowest BCUT2D eigenvalue weighted by Crippen LogP contribution is -2.18. The van der Waals surface area contributed by atoms with Crippen molar-refractivity contribution in [2.75, 3.05) is 13.2 Å². The Labute approximate surface area is 182 Å². The van der Waals surface area contributed by atoms with Crippen LogP contribution in [0.2, 0.25) is 0 Å². The van der Waals surface area contributed by atoms with E-state index in [1.165, 1.54) is 5.57 Å². The maximum Gasteiger partial charge on any atom is 0.345 e. The van der Waals surface area contributed by atoms with E-state index in [2.05, 4.69) is 13.0 Å². The molecule has 4 heteroatoms. The molecule has 1 aliphatic carbocycles. The van der Waals surface area contributed by atoms with E-state index in [9.17, 15) is 9.59 Å². The van der Waals surface area contributed by atoms with Gasteiger partial charge in [0.05, 0.1) is 13.2 Å². The third-order valence-corrected chi connectivity index (χ3v) is 3.86. The molecule has 0 saturated carbocycles. The number of hydrogen-bond acceptors (Lipinski definition) is 4. The van der Waals surface area contributed by atoms with Crippen LogP contribution < -0.4 is 0 Å². The topological polar surface area (TPSA) is 52.6 Å². The molecule has 0 atom stereocenters. The number of carbonyl (C=O) groups is 2. The summed E-state index contributed by atoms with van der Waals surface area (Å²) in [6.45, 7) is 13.9. The SMILES string of the molecule is CC.CC.CCOC(=O)C(=Cc1ccccc1C1=CC=CC=C(C)C1)C(=O)OCC. The van der Waals surface area contributed by atoms with Crippen molar-refractivity contribution in [3.05, 3.63) is 70.8 Å². The van der Waals surface area contributed by atoms with E-state index in [-0.39, 0.29) is 18.8 Å². The molecule has 0 N–H and O–H groups in total. The Hall–Kier alpha value is -2.88. The fourth-order valence-electron chi connectivity index (χ4n) is 2.68. The standard InChI is InChI=1S/C22H24O4.2C2H6/c1-4-25-21(23)20(22(24)26-5-2)15-18-12-8-9-13-19(18)17-11-7-6-10-16(3)14-17;2*1-2/h6-13,15H,4-5,14H2,1-3H3;2*1-2H3. The van der Waals surface area contributed by atoms with Crippen LogP contribution in [0.15, 0.2) is 59.7 Å². The Morgan fingerprint density at radius 3 is 2.00 bits per heavy atom. The number of hydrogen-bond donors (Lipinski definition) is 0. The predicted molar refractivity (Wildman–Crippen MR) is 126 cm³/mol. The lowest BCUT2D eigenvalue weighted by molar-refractivity contribution is -0.146. The summed E-state index contributed by atoms with van der Waals surface area (Å²) in [5.41, 5.74) is 4.00. The molecule has 0 radical (unpaired) electrons. The van der Waals surface area contributed by atoms with Crippen LogP contribution in [0.4, 0.5) is 0 Å². The average Bonchev–Trinajstić information content (AvgIpc) is 2.99. The molecule has 1 aromatic rings. The zero-order valence-electron chi connectivity index (χ0n) is 19.5. The van der Waals surface area contributed by atoms with Crippen LogP contribution in [-0.2, 0) is 19.1 Å². The van der Waals surface area contributed by atoms with Crippen molar-refractivity contribution in [1.29, 1.82) is 0 Å². The van der Waals surface area contributed by atoms with Crippen LogP contribution in [-0.4, -0.2) is 25.2 Å². The second-order valence-electron chi connectivity index (χ2n) is 5.85. The average molecular weight is 413 g/mol. The van der Waals surface area contributed by atoms with Gasteiger partial charge in [-0.2, -0.15) is 0 Å². The summed E-state index contributed by atoms with van der Waals surface area (Å²) >= 11 is 0. The molecule has 0 amide bonds. The molecule has 0 bridgehead atoms. The molecule has 164 valence electrons. The highest BCUT2D eigenvalue weighted by Crippen LogP contribution is 2.28. The van der Waals surface area contributed by atoms with Crippen molar-refractivity contribution in [2.24, 2.45) is 0 Å². The molecule has 0 heterocycles. The highest BCUT2D eigenvalue weighted by molar-refractivity contribution is 6.18. The van der Waals surface area contributed by atoms with Crippen molar-refractivity contribution in [3.63, 3.8) is 0 Å². The van der Waals surface area contributed by atoms with Crippen molar-refractivity contribution >= 4 is 23.6 Å². The van der Waals surface area contributed by atoms with E-state index in [0.29, 0.717) is 0 Å². The normalized spacial score (nSPS) is 11.8. The number of ether oxygens (including phenoxy) is 2. The number of carbonyl (C=O) groups excluding carboxylic acids is 2. The van der Waals surface area contributed by atoms with Gasteiger partial charge in [0.1, 0.15) is 5.57 Å². The first kappa shape index (κ1) is 27.1. The maximum atomic E-state index is 12.2. The fraction of sp³-hybridized carbons (Fsp3) is 0.385.